The van der Waals surface area contributed by atoms with E-state index >= 15 is 0 Å². The van der Waals surface area contributed by atoms with Gasteiger partial charge in [0.15, 0.2) is 0 Å². The first-order valence-corrected chi connectivity index (χ1v) is 11.8. The lowest BCUT2D eigenvalue weighted by atomic mass is 9.49. The smallest absolute Gasteiger partial charge is 0.244 e. The number of piperazine rings is 1. The van der Waals surface area contributed by atoms with Crippen molar-refractivity contribution in [1.29, 1.82) is 0 Å². The molecule has 8 heteroatoms. The number of pyridine rings is 1. The molecule has 152 valence electrons. The largest absolute Gasteiger partial charge is 0.384 e. The first-order valence-electron chi connectivity index (χ1n) is 10.4. The molecule has 0 spiro atoms. The minimum Gasteiger partial charge on any atom is -0.384 e. The summed E-state index contributed by atoms with van der Waals surface area (Å²) in [6.45, 7) is 1.63. The maximum atomic E-state index is 13.4. The van der Waals surface area contributed by atoms with E-state index in [1.165, 1.54) is 41.9 Å². The van der Waals surface area contributed by atoms with Crippen LogP contribution in [0.1, 0.15) is 38.5 Å². The number of carbonyl (C=O) groups is 1. The highest BCUT2D eigenvalue weighted by molar-refractivity contribution is 7.89. The second kappa shape index (κ2) is 6.42. The summed E-state index contributed by atoms with van der Waals surface area (Å²) in [6.07, 6.45) is 8.39. The van der Waals surface area contributed by atoms with E-state index in [4.69, 9.17) is 5.73 Å². The molecule has 0 unspecified atom stereocenters. The first kappa shape index (κ1) is 18.4. The van der Waals surface area contributed by atoms with Crippen LogP contribution in [0.15, 0.2) is 23.2 Å². The Morgan fingerprint density at radius 3 is 2.07 bits per heavy atom. The third-order valence-corrected chi connectivity index (χ3v) is 9.30. The summed E-state index contributed by atoms with van der Waals surface area (Å²) in [6, 6.07) is 2.99. The van der Waals surface area contributed by atoms with Gasteiger partial charge >= 0.3 is 0 Å². The lowest BCUT2D eigenvalue weighted by Gasteiger charge is -2.57. The quantitative estimate of drug-likeness (QED) is 0.827. The molecule has 2 N–H and O–H groups in total. The molecule has 1 aromatic rings. The van der Waals surface area contributed by atoms with Crippen molar-refractivity contribution in [2.24, 2.45) is 23.2 Å². The molecular weight excluding hydrogens is 376 g/mol. The van der Waals surface area contributed by atoms with Gasteiger partial charge in [-0.1, -0.05) is 0 Å². The number of nitrogens with zero attached hydrogens (tertiary/aromatic N) is 3. The van der Waals surface area contributed by atoms with Crippen LogP contribution >= 0.6 is 0 Å². The molecule has 6 rings (SSSR count). The summed E-state index contributed by atoms with van der Waals surface area (Å²) in [5.41, 5.74) is 5.40. The molecule has 1 aliphatic heterocycles. The number of amides is 1. The zero-order valence-corrected chi connectivity index (χ0v) is 16.9. The van der Waals surface area contributed by atoms with Gasteiger partial charge < -0.3 is 10.6 Å². The Labute approximate surface area is 166 Å². The van der Waals surface area contributed by atoms with Gasteiger partial charge in [0.25, 0.3) is 0 Å². The zero-order chi connectivity index (χ0) is 19.5. The Kier molecular flexibility index (Phi) is 4.21. The van der Waals surface area contributed by atoms with E-state index in [1.54, 1.807) is 0 Å². The van der Waals surface area contributed by atoms with Gasteiger partial charge in [0, 0.05) is 32.4 Å². The zero-order valence-electron chi connectivity index (χ0n) is 16.1. The topological polar surface area (TPSA) is 96.6 Å². The second-order valence-electron chi connectivity index (χ2n) is 9.31. The lowest BCUT2D eigenvalue weighted by molar-refractivity contribution is -0.158. The molecule has 4 saturated carbocycles. The molecule has 1 aromatic heterocycles. The fourth-order valence-corrected chi connectivity index (χ4v) is 7.90. The summed E-state index contributed by atoms with van der Waals surface area (Å²) in [5.74, 6) is 2.78. The molecule has 4 bridgehead atoms. The van der Waals surface area contributed by atoms with Gasteiger partial charge in [-0.25, -0.2) is 13.4 Å². The molecule has 1 saturated heterocycles. The monoisotopic (exact) mass is 404 g/mol. The van der Waals surface area contributed by atoms with Crippen molar-refractivity contribution in [1.82, 2.24) is 14.2 Å². The maximum Gasteiger partial charge on any atom is 0.244 e. The molecule has 0 aromatic carbocycles. The van der Waals surface area contributed by atoms with E-state index in [-0.39, 0.29) is 16.2 Å². The number of rotatable bonds is 3. The third-order valence-electron chi connectivity index (χ3n) is 7.41. The van der Waals surface area contributed by atoms with Crippen LogP contribution in [0.5, 0.6) is 0 Å². The van der Waals surface area contributed by atoms with E-state index in [0.717, 1.165) is 37.0 Å². The molecule has 4 aliphatic carbocycles. The molecule has 0 radical (unpaired) electrons. The molecule has 0 atom stereocenters. The van der Waals surface area contributed by atoms with Crippen LogP contribution in [0.4, 0.5) is 5.82 Å². The number of hydrogen-bond donors (Lipinski definition) is 1. The van der Waals surface area contributed by atoms with Crippen molar-refractivity contribution in [2.45, 2.75) is 43.4 Å². The van der Waals surface area contributed by atoms with Crippen molar-refractivity contribution in [3.8, 4) is 0 Å². The van der Waals surface area contributed by atoms with Crippen LogP contribution in [0.3, 0.4) is 0 Å². The Bertz CT molecular complexity index is 840. The number of sulfonamides is 1. The van der Waals surface area contributed by atoms with E-state index in [0.29, 0.717) is 32.0 Å². The summed E-state index contributed by atoms with van der Waals surface area (Å²) in [4.78, 5) is 19.4. The molecule has 7 nitrogen and oxygen atoms in total. The standard InChI is InChI=1S/C20H28N4O3S/c21-18-2-1-17(13-22-18)28(26,27)24-5-3-23(4-6-24)19(25)20-10-14-7-15(11-20)9-16(8-14)12-20/h1-2,13-16H,3-12H2,(H2,21,22). The van der Waals surface area contributed by atoms with Gasteiger partial charge in [-0.2, -0.15) is 4.31 Å². The van der Waals surface area contributed by atoms with Gasteiger partial charge in [0.05, 0.1) is 5.41 Å². The number of carbonyl (C=O) groups excluding carboxylic acids is 1. The molecular formula is C20H28N4O3S. The highest BCUT2D eigenvalue weighted by Gasteiger charge is 2.55. The summed E-state index contributed by atoms with van der Waals surface area (Å²) < 4.78 is 27.1. The minimum atomic E-state index is -3.60. The Morgan fingerprint density at radius 2 is 1.57 bits per heavy atom. The van der Waals surface area contributed by atoms with E-state index in [9.17, 15) is 13.2 Å². The Hall–Kier alpha value is -1.67. The number of hydrogen-bond acceptors (Lipinski definition) is 5. The van der Waals surface area contributed by atoms with Gasteiger partial charge in [-0.3, -0.25) is 4.79 Å². The van der Waals surface area contributed by atoms with E-state index in [1.807, 2.05) is 4.90 Å². The van der Waals surface area contributed by atoms with Crippen LogP contribution in [-0.2, 0) is 14.8 Å². The van der Waals surface area contributed by atoms with Crippen LogP contribution in [-0.4, -0.2) is 54.7 Å². The highest BCUT2D eigenvalue weighted by Crippen LogP contribution is 2.60. The predicted octanol–water partition coefficient (Wildman–Crippen LogP) is 1.71. The number of nitrogens with two attached hydrogens (primary N) is 1. The molecule has 5 aliphatic rings. The van der Waals surface area contributed by atoms with Crippen LogP contribution in [0.25, 0.3) is 0 Å². The van der Waals surface area contributed by atoms with Crippen molar-refractivity contribution in [2.75, 3.05) is 31.9 Å². The van der Waals surface area contributed by atoms with Crippen molar-refractivity contribution >= 4 is 21.7 Å². The predicted molar refractivity (Wildman–Crippen MR) is 105 cm³/mol. The van der Waals surface area contributed by atoms with E-state index < -0.39 is 10.0 Å². The number of anilines is 1. The lowest BCUT2D eigenvalue weighted by Crippen LogP contribution is -2.58. The summed E-state index contributed by atoms with van der Waals surface area (Å²) in [5, 5.41) is 0. The maximum absolute atomic E-state index is 13.4. The van der Waals surface area contributed by atoms with Crippen LogP contribution in [0, 0.1) is 23.2 Å². The highest BCUT2D eigenvalue weighted by atomic mass is 32.2. The molecule has 5 fully saturated rings. The second-order valence-corrected chi connectivity index (χ2v) is 11.3. The van der Waals surface area contributed by atoms with Crippen molar-refractivity contribution < 1.29 is 13.2 Å². The molecule has 28 heavy (non-hydrogen) atoms. The van der Waals surface area contributed by atoms with Gasteiger partial charge in [-0.15, -0.1) is 0 Å². The average Bonchev–Trinajstić information content (AvgIpc) is 2.67. The first-order chi connectivity index (χ1) is 13.4. The van der Waals surface area contributed by atoms with Gasteiger partial charge in [0.2, 0.25) is 15.9 Å². The van der Waals surface area contributed by atoms with Crippen LogP contribution < -0.4 is 5.73 Å². The third kappa shape index (κ3) is 2.92. The summed E-state index contributed by atoms with van der Waals surface area (Å²) >= 11 is 0. The minimum absolute atomic E-state index is 0.155. The number of aromatic nitrogens is 1. The fourth-order valence-electron chi connectivity index (χ4n) is 6.53. The van der Waals surface area contributed by atoms with E-state index in [2.05, 4.69) is 4.98 Å². The van der Waals surface area contributed by atoms with Gasteiger partial charge in [-0.05, 0) is 68.4 Å². The van der Waals surface area contributed by atoms with Crippen molar-refractivity contribution in [3.05, 3.63) is 18.3 Å². The average molecular weight is 405 g/mol. The van der Waals surface area contributed by atoms with Gasteiger partial charge in [0.1, 0.15) is 10.7 Å². The van der Waals surface area contributed by atoms with Crippen LogP contribution in [0.2, 0.25) is 0 Å². The molecule has 1 amide bonds. The Morgan fingerprint density at radius 1 is 1.00 bits per heavy atom. The molecule has 2 heterocycles. The summed E-state index contributed by atoms with van der Waals surface area (Å²) in [7, 11) is -3.60. The normalized spacial score (nSPS) is 35.3. The fraction of sp³-hybridized carbons (Fsp3) is 0.700. The SMILES string of the molecule is Nc1ccc(S(=O)(=O)N2CCN(C(=O)C34CC5CC(CC(C5)C3)C4)CC2)cn1. The van der Waals surface area contributed by atoms with Crippen molar-refractivity contribution in [3.63, 3.8) is 0 Å². The number of nitrogen functional groups attached to an aromatic ring is 1. The Balaban J connectivity index is 1.27.